The second-order valence-corrected chi connectivity index (χ2v) is 7.06. The Hall–Kier alpha value is -3.19. The molecule has 0 radical (unpaired) electrons. The van der Waals surface area contributed by atoms with Gasteiger partial charge in [0.05, 0.1) is 23.4 Å². The third kappa shape index (κ3) is 3.61. The molecule has 6 nitrogen and oxygen atoms in total. The van der Waals surface area contributed by atoms with E-state index < -0.39 is 5.97 Å². The van der Waals surface area contributed by atoms with Crippen molar-refractivity contribution in [1.29, 1.82) is 0 Å². The maximum Gasteiger partial charge on any atom is 0.339 e. The number of hydrogen-bond acceptors (Lipinski definition) is 4. The van der Waals surface area contributed by atoms with Crippen molar-refractivity contribution in [3.63, 3.8) is 0 Å². The lowest BCUT2D eigenvalue weighted by molar-refractivity contribution is 0.0600. The number of carbonyl (C=O) groups is 2. The fourth-order valence-corrected chi connectivity index (χ4v) is 3.67. The Bertz CT molecular complexity index is 1110. The van der Waals surface area contributed by atoms with Gasteiger partial charge >= 0.3 is 5.97 Å². The molecule has 0 aliphatic heterocycles. The van der Waals surface area contributed by atoms with E-state index in [1.54, 1.807) is 22.9 Å². The highest BCUT2D eigenvalue weighted by molar-refractivity contribution is 6.33. The molecule has 1 N–H and O–H groups in total. The Balaban J connectivity index is 1.66. The summed E-state index contributed by atoms with van der Waals surface area (Å²) in [7, 11) is 1.26. The summed E-state index contributed by atoms with van der Waals surface area (Å²) in [6.45, 7) is 0. The molecule has 0 saturated heterocycles. The van der Waals surface area contributed by atoms with E-state index in [4.69, 9.17) is 16.3 Å². The van der Waals surface area contributed by atoms with Crippen LogP contribution >= 0.6 is 11.6 Å². The monoisotopic (exact) mass is 413 g/mol. The van der Waals surface area contributed by atoms with Gasteiger partial charge in [-0.2, -0.15) is 5.10 Å². The number of rotatable bonds is 4. The third-order valence-electron chi connectivity index (χ3n) is 4.85. The number of aromatic nitrogens is 2. The van der Waals surface area contributed by atoms with Gasteiger partial charge in [-0.15, -0.1) is 0 Å². The van der Waals surface area contributed by atoms with E-state index in [9.17, 15) is 14.0 Å². The van der Waals surface area contributed by atoms with E-state index in [-0.39, 0.29) is 22.3 Å². The molecular weight excluding hydrogens is 397 g/mol. The van der Waals surface area contributed by atoms with Gasteiger partial charge < -0.3 is 10.1 Å². The Labute approximate surface area is 171 Å². The number of halogens is 2. The summed E-state index contributed by atoms with van der Waals surface area (Å²) in [4.78, 5) is 24.7. The van der Waals surface area contributed by atoms with Gasteiger partial charge in [0.1, 0.15) is 5.82 Å². The van der Waals surface area contributed by atoms with Crippen LogP contribution in [0.1, 0.15) is 38.5 Å². The van der Waals surface area contributed by atoms with Crippen molar-refractivity contribution < 1.29 is 18.7 Å². The molecule has 0 saturated carbocycles. The van der Waals surface area contributed by atoms with Crippen LogP contribution in [-0.2, 0) is 17.6 Å². The summed E-state index contributed by atoms with van der Waals surface area (Å²) in [5.41, 5.74) is 3.42. The SMILES string of the molecule is COC(=O)c1cc(NC(=O)c2nn(-c3ccc(F)cc3)c3c2CCC3)ccc1Cl. The van der Waals surface area contributed by atoms with Gasteiger partial charge in [-0.3, -0.25) is 4.79 Å². The van der Waals surface area contributed by atoms with Gasteiger partial charge in [-0.25, -0.2) is 13.9 Å². The van der Waals surface area contributed by atoms with Crippen molar-refractivity contribution in [1.82, 2.24) is 9.78 Å². The number of anilines is 1. The zero-order valence-electron chi connectivity index (χ0n) is 15.5. The van der Waals surface area contributed by atoms with Gasteiger partial charge in [0, 0.05) is 16.9 Å². The predicted octanol–water partition coefficient (Wildman–Crippen LogP) is 4.19. The molecule has 1 aromatic heterocycles. The third-order valence-corrected chi connectivity index (χ3v) is 5.18. The number of fused-ring (bicyclic) bond motifs is 1. The zero-order valence-corrected chi connectivity index (χ0v) is 16.3. The minimum atomic E-state index is -0.590. The summed E-state index contributed by atoms with van der Waals surface area (Å²) < 4.78 is 19.7. The van der Waals surface area contributed by atoms with Crippen molar-refractivity contribution in [2.24, 2.45) is 0 Å². The van der Waals surface area contributed by atoms with E-state index in [0.717, 1.165) is 30.5 Å². The van der Waals surface area contributed by atoms with Crippen LogP contribution in [0.25, 0.3) is 5.69 Å². The van der Waals surface area contributed by atoms with Gasteiger partial charge in [0.2, 0.25) is 0 Å². The number of carbonyl (C=O) groups excluding carboxylic acids is 2. The minimum absolute atomic E-state index is 0.161. The van der Waals surface area contributed by atoms with Crippen molar-refractivity contribution in [2.45, 2.75) is 19.3 Å². The van der Waals surface area contributed by atoms with E-state index >= 15 is 0 Å². The number of nitrogens with one attached hydrogen (secondary N) is 1. The molecule has 1 aliphatic carbocycles. The fourth-order valence-electron chi connectivity index (χ4n) is 3.48. The van der Waals surface area contributed by atoms with Crippen molar-refractivity contribution in [3.8, 4) is 5.69 Å². The highest BCUT2D eigenvalue weighted by atomic mass is 35.5. The van der Waals surface area contributed by atoms with E-state index in [1.807, 2.05) is 0 Å². The lowest BCUT2D eigenvalue weighted by Gasteiger charge is -2.08. The minimum Gasteiger partial charge on any atom is -0.465 e. The van der Waals surface area contributed by atoms with Crippen LogP contribution in [-0.4, -0.2) is 28.8 Å². The van der Waals surface area contributed by atoms with E-state index in [2.05, 4.69) is 10.4 Å². The molecule has 0 atom stereocenters. The largest absolute Gasteiger partial charge is 0.465 e. The molecule has 1 aliphatic rings. The highest BCUT2D eigenvalue weighted by Crippen LogP contribution is 2.29. The molecule has 0 bridgehead atoms. The number of amides is 1. The van der Waals surface area contributed by atoms with Crippen LogP contribution in [0.3, 0.4) is 0 Å². The zero-order chi connectivity index (χ0) is 20.5. The van der Waals surface area contributed by atoms with Crippen LogP contribution in [0, 0.1) is 5.82 Å². The molecule has 29 heavy (non-hydrogen) atoms. The molecular formula is C21H17ClFN3O3. The highest BCUT2D eigenvalue weighted by Gasteiger charge is 2.27. The Morgan fingerprint density at radius 3 is 2.66 bits per heavy atom. The number of nitrogens with zero attached hydrogens (tertiary/aromatic N) is 2. The van der Waals surface area contributed by atoms with Crippen LogP contribution in [0.2, 0.25) is 5.02 Å². The van der Waals surface area contributed by atoms with Crippen LogP contribution in [0.5, 0.6) is 0 Å². The molecule has 148 valence electrons. The molecule has 0 unspecified atom stereocenters. The van der Waals surface area contributed by atoms with Gasteiger partial charge in [0.25, 0.3) is 5.91 Å². The first kappa shape index (κ1) is 19.1. The summed E-state index contributed by atoms with van der Waals surface area (Å²) in [6, 6.07) is 10.6. The topological polar surface area (TPSA) is 73.2 Å². The van der Waals surface area contributed by atoms with Crippen LogP contribution in [0.15, 0.2) is 42.5 Å². The van der Waals surface area contributed by atoms with Crippen molar-refractivity contribution >= 4 is 29.2 Å². The average molecular weight is 414 g/mol. The molecule has 2 aromatic carbocycles. The summed E-state index contributed by atoms with van der Waals surface area (Å²) in [5, 5.41) is 7.48. The quantitative estimate of drug-likeness (QED) is 0.651. The van der Waals surface area contributed by atoms with E-state index in [1.165, 1.54) is 31.4 Å². The van der Waals surface area contributed by atoms with Gasteiger partial charge in [-0.1, -0.05) is 11.6 Å². The first-order valence-electron chi connectivity index (χ1n) is 9.04. The van der Waals surface area contributed by atoms with Crippen LogP contribution in [0.4, 0.5) is 10.1 Å². The number of hydrogen-bond donors (Lipinski definition) is 1. The predicted molar refractivity (Wildman–Crippen MR) is 106 cm³/mol. The molecule has 1 amide bonds. The normalized spacial score (nSPS) is 12.5. The molecule has 3 aromatic rings. The maximum atomic E-state index is 13.3. The van der Waals surface area contributed by atoms with Crippen molar-refractivity contribution in [3.05, 3.63) is 75.8 Å². The summed E-state index contributed by atoms with van der Waals surface area (Å²) in [6.07, 6.45) is 2.45. The molecule has 0 spiro atoms. The van der Waals surface area contributed by atoms with Crippen molar-refractivity contribution in [2.75, 3.05) is 12.4 Å². The number of benzene rings is 2. The number of ether oxygens (including phenoxy) is 1. The second kappa shape index (κ2) is 7.67. The maximum absolute atomic E-state index is 13.3. The average Bonchev–Trinajstić information content (AvgIpc) is 3.32. The fraction of sp³-hybridized carbons (Fsp3) is 0.190. The smallest absolute Gasteiger partial charge is 0.339 e. The number of methoxy groups -OCH3 is 1. The Morgan fingerprint density at radius 1 is 1.17 bits per heavy atom. The first-order chi connectivity index (χ1) is 14.0. The molecule has 0 fully saturated rings. The standard InChI is InChI=1S/C21H17ClFN3O3/c1-29-21(28)16-11-13(7-10-17(16)22)24-20(27)19-15-3-2-4-18(15)26(25-19)14-8-5-12(23)6-9-14/h5-11H,2-4H2,1H3,(H,24,27). The molecule has 4 rings (SSSR count). The summed E-state index contributed by atoms with van der Waals surface area (Å²) >= 11 is 6.03. The van der Waals surface area contributed by atoms with Gasteiger partial charge in [0.15, 0.2) is 5.69 Å². The lowest BCUT2D eigenvalue weighted by Crippen LogP contribution is -2.15. The van der Waals surface area contributed by atoms with E-state index in [0.29, 0.717) is 17.1 Å². The molecule has 1 heterocycles. The number of esters is 1. The Morgan fingerprint density at radius 2 is 1.93 bits per heavy atom. The first-order valence-corrected chi connectivity index (χ1v) is 9.41. The molecule has 8 heteroatoms. The summed E-state index contributed by atoms with van der Waals surface area (Å²) in [5.74, 6) is -1.31. The van der Waals surface area contributed by atoms with Crippen LogP contribution < -0.4 is 5.32 Å². The second-order valence-electron chi connectivity index (χ2n) is 6.66. The Kier molecular flexibility index (Phi) is 5.07. The lowest BCUT2D eigenvalue weighted by atomic mass is 10.1. The van der Waals surface area contributed by atoms with Gasteiger partial charge in [-0.05, 0) is 61.7 Å².